The van der Waals surface area contributed by atoms with Crippen LogP contribution >= 0.6 is 0 Å². The maximum Gasteiger partial charge on any atom is 0.323 e. The standard InChI is InChI=1S/C14H18N6O/c1-2-7-21-14-17-12(19-15)16-13(18-14)20-8-10-5-3-4-6-11(10)9-20/h3-6H,2,7-9,15H2,1H3,(H,16,17,18,19). The third kappa shape index (κ3) is 2.87. The molecule has 0 saturated carbocycles. The number of nitrogens with one attached hydrogen (secondary N) is 1. The molecule has 2 aromatic rings. The first kappa shape index (κ1) is 13.6. The predicted octanol–water partition coefficient (Wildman–Crippen LogP) is 1.47. The Kier molecular flexibility index (Phi) is 3.83. The first-order valence-corrected chi connectivity index (χ1v) is 6.97. The second-order valence-corrected chi connectivity index (χ2v) is 4.86. The third-order valence-electron chi connectivity index (χ3n) is 3.29. The first-order valence-electron chi connectivity index (χ1n) is 6.97. The van der Waals surface area contributed by atoms with E-state index in [1.807, 2.05) is 19.1 Å². The molecule has 0 amide bonds. The topological polar surface area (TPSA) is 89.2 Å². The van der Waals surface area contributed by atoms with Crippen LogP contribution in [0.4, 0.5) is 11.9 Å². The van der Waals surface area contributed by atoms with Crippen LogP contribution in [0.15, 0.2) is 24.3 Å². The number of ether oxygens (including phenoxy) is 1. The van der Waals surface area contributed by atoms with Crippen molar-refractivity contribution in [2.45, 2.75) is 26.4 Å². The van der Waals surface area contributed by atoms with E-state index in [4.69, 9.17) is 10.6 Å². The van der Waals surface area contributed by atoms with Gasteiger partial charge in [0.25, 0.3) is 0 Å². The summed E-state index contributed by atoms with van der Waals surface area (Å²) in [4.78, 5) is 14.9. The fourth-order valence-electron chi connectivity index (χ4n) is 2.28. The first-order chi connectivity index (χ1) is 10.3. The van der Waals surface area contributed by atoms with Gasteiger partial charge in [0.2, 0.25) is 11.9 Å². The van der Waals surface area contributed by atoms with E-state index in [0.717, 1.165) is 19.5 Å². The second kappa shape index (κ2) is 5.92. The molecule has 7 heteroatoms. The molecular formula is C14H18N6O. The van der Waals surface area contributed by atoms with Gasteiger partial charge < -0.3 is 9.64 Å². The largest absolute Gasteiger partial charge is 0.463 e. The lowest BCUT2D eigenvalue weighted by molar-refractivity contribution is 0.292. The fourth-order valence-corrected chi connectivity index (χ4v) is 2.28. The van der Waals surface area contributed by atoms with E-state index in [9.17, 15) is 0 Å². The van der Waals surface area contributed by atoms with E-state index in [0.29, 0.717) is 24.5 Å². The number of nitrogens with zero attached hydrogens (tertiary/aromatic N) is 4. The van der Waals surface area contributed by atoms with Crippen molar-refractivity contribution in [2.24, 2.45) is 5.84 Å². The summed E-state index contributed by atoms with van der Waals surface area (Å²) >= 11 is 0. The summed E-state index contributed by atoms with van der Waals surface area (Å²) in [6, 6.07) is 8.61. The van der Waals surface area contributed by atoms with Crippen molar-refractivity contribution in [1.29, 1.82) is 0 Å². The Morgan fingerprint density at radius 3 is 2.52 bits per heavy atom. The number of benzene rings is 1. The highest BCUT2D eigenvalue weighted by molar-refractivity contribution is 5.45. The molecule has 1 aliphatic rings. The molecule has 1 aliphatic heterocycles. The van der Waals surface area contributed by atoms with Crippen molar-refractivity contribution in [3.63, 3.8) is 0 Å². The van der Waals surface area contributed by atoms with E-state index >= 15 is 0 Å². The fraction of sp³-hybridized carbons (Fsp3) is 0.357. The molecule has 0 fully saturated rings. The molecule has 0 saturated heterocycles. The summed E-state index contributed by atoms with van der Waals surface area (Å²) < 4.78 is 5.49. The molecule has 0 bridgehead atoms. The molecule has 21 heavy (non-hydrogen) atoms. The van der Waals surface area contributed by atoms with Gasteiger partial charge in [-0.25, -0.2) is 5.84 Å². The summed E-state index contributed by atoms with van der Waals surface area (Å²) in [5.41, 5.74) is 5.04. The minimum Gasteiger partial charge on any atom is -0.463 e. The Bertz CT molecular complexity index is 608. The van der Waals surface area contributed by atoms with Gasteiger partial charge in [-0.2, -0.15) is 15.0 Å². The monoisotopic (exact) mass is 286 g/mol. The molecule has 3 N–H and O–H groups in total. The zero-order chi connectivity index (χ0) is 14.7. The molecule has 2 heterocycles. The molecule has 7 nitrogen and oxygen atoms in total. The van der Waals surface area contributed by atoms with Crippen molar-refractivity contribution in [1.82, 2.24) is 15.0 Å². The lowest BCUT2D eigenvalue weighted by Crippen LogP contribution is -2.21. The van der Waals surface area contributed by atoms with Gasteiger partial charge in [-0.1, -0.05) is 31.2 Å². The van der Waals surface area contributed by atoms with Gasteiger partial charge in [-0.3, -0.25) is 5.43 Å². The Hall–Kier alpha value is -2.41. The average molecular weight is 286 g/mol. The second-order valence-electron chi connectivity index (χ2n) is 4.86. The van der Waals surface area contributed by atoms with Crippen molar-refractivity contribution < 1.29 is 4.74 Å². The van der Waals surface area contributed by atoms with Gasteiger partial charge in [0, 0.05) is 13.1 Å². The molecule has 110 valence electrons. The minimum atomic E-state index is 0.297. The maximum absolute atomic E-state index is 5.49. The Labute approximate surface area is 123 Å². The highest BCUT2D eigenvalue weighted by atomic mass is 16.5. The lowest BCUT2D eigenvalue weighted by Gasteiger charge is -2.16. The highest BCUT2D eigenvalue weighted by Gasteiger charge is 2.22. The third-order valence-corrected chi connectivity index (χ3v) is 3.29. The number of anilines is 2. The minimum absolute atomic E-state index is 0.297. The van der Waals surface area contributed by atoms with Crippen LogP contribution in [-0.2, 0) is 13.1 Å². The Morgan fingerprint density at radius 1 is 1.19 bits per heavy atom. The smallest absolute Gasteiger partial charge is 0.323 e. The van der Waals surface area contributed by atoms with Gasteiger partial charge in [0.15, 0.2) is 0 Å². The molecule has 0 spiro atoms. The number of hydrogen-bond acceptors (Lipinski definition) is 7. The maximum atomic E-state index is 5.49. The number of nitrogen functional groups attached to an aromatic ring is 1. The summed E-state index contributed by atoms with van der Waals surface area (Å²) in [6.07, 6.45) is 0.890. The van der Waals surface area contributed by atoms with Crippen LogP contribution in [0.1, 0.15) is 24.5 Å². The molecular weight excluding hydrogens is 268 g/mol. The molecule has 0 atom stereocenters. The van der Waals surface area contributed by atoms with Gasteiger partial charge in [-0.05, 0) is 17.5 Å². The normalized spacial score (nSPS) is 13.1. The molecule has 1 aromatic heterocycles. The number of hydrazine groups is 1. The van der Waals surface area contributed by atoms with Gasteiger partial charge in [0.1, 0.15) is 0 Å². The summed E-state index contributed by atoms with van der Waals surface area (Å²) in [5, 5.41) is 0. The van der Waals surface area contributed by atoms with Crippen LogP contribution in [0.25, 0.3) is 0 Å². The van der Waals surface area contributed by atoms with Gasteiger partial charge >= 0.3 is 6.01 Å². The number of hydrogen-bond donors (Lipinski definition) is 2. The van der Waals surface area contributed by atoms with Gasteiger partial charge in [-0.15, -0.1) is 0 Å². The van der Waals surface area contributed by atoms with Crippen molar-refractivity contribution in [3.05, 3.63) is 35.4 Å². The molecule has 3 rings (SSSR count). The van der Waals surface area contributed by atoms with Crippen LogP contribution in [0.3, 0.4) is 0 Å². The molecule has 0 unspecified atom stereocenters. The van der Waals surface area contributed by atoms with Crippen molar-refractivity contribution in [2.75, 3.05) is 16.9 Å². The zero-order valence-electron chi connectivity index (χ0n) is 11.9. The quantitative estimate of drug-likeness (QED) is 0.635. The Morgan fingerprint density at radius 2 is 1.90 bits per heavy atom. The predicted molar refractivity (Wildman–Crippen MR) is 79.8 cm³/mol. The molecule has 0 radical (unpaired) electrons. The number of rotatable bonds is 5. The van der Waals surface area contributed by atoms with E-state index in [-0.39, 0.29) is 0 Å². The average Bonchev–Trinajstić information content (AvgIpc) is 2.96. The van der Waals surface area contributed by atoms with E-state index in [2.05, 4.69) is 37.4 Å². The molecule has 0 aliphatic carbocycles. The molecule has 1 aromatic carbocycles. The van der Waals surface area contributed by atoms with Crippen LogP contribution in [0, 0.1) is 0 Å². The number of nitrogens with two attached hydrogens (primary N) is 1. The highest BCUT2D eigenvalue weighted by Crippen LogP contribution is 2.26. The van der Waals surface area contributed by atoms with Crippen LogP contribution in [0.2, 0.25) is 0 Å². The van der Waals surface area contributed by atoms with E-state index in [1.165, 1.54) is 11.1 Å². The Balaban J connectivity index is 1.85. The summed E-state index contributed by atoms with van der Waals surface area (Å²) in [5.74, 6) is 6.30. The van der Waals surface area contributed by atoms with Crippen LogP contribution in [-0.4, -0.2) is 21.6 Å². The SMILES string of the molecule is CCCOc1nc(NN)nc(N2Cc3ccccc3C2)n1. The van der Waals surface area contributed by atoms with Crippen molar-refractivity contribution in [3.8, 4) is 6.01 Å². The summed E-state index contributed by atoms with van der Waals surface area (Å²) in [7, 11) is 0. The lowest BCUT2D eigenvalue weighted by atomic mass is 10.1. The van der Waals surface area contributed by atoms with Gasteiger partial charge in [0.05, 0.1) is 6.61 Å². The van der Waals surface area contributed by atoms with E-state index in [1.54, 1.807) is 0 Å². The van der Waals surface area contributed by atoms with Crippen molar-refractivity contribution >= 4 is 11.9 Å². The van der Waals surface area contributed by atoms with Crippen LogP contribution < -0.4 is 20.9 Å². The number of aromatic nitrogens is 3. The van der Waals surface area contributed by atoms with E-state index < -0.39 is 0 Å². The number of fused-ring (bicyclic) bond motifs is 1. The summed E-state index contributed by atoms with van der Waals surface area (Å²) in [6.45, 7) is 4.14. The zero-order valence-corrected chi connectivity index (χ0v) is 11.9. The van der Waals surface area contributed by atoms with Crippen LogP contribution in [0.5, 0.6) is 6.01 Å².